The molecule has 2 heterocycles. The summed E-state index contributed by atoms with van der Waals surface area (Å²) in [6.07, 6.45) is 3.42. The van der Waals surface area contributed by atoms with Crippen molar-refractivity contribution >= 4 is 17.7 Å². The molecule has 0 aromatic carbocycles. The lowest BCUT2D eigenvalue weighted by atomic mass is 11.0. The molecule has 1 aliphatic rings. The molecule has 1 aliphatic heterocycles. The minimum Gasteiger partial charge on any atom is -0.208 e. The first-order chi connectivity index (χ1) is 5.00. The minimum absolute atomic E-state index is 1.53. The van der Waals surface area contributed by atoms with Gasteiger partial charge in [-0.25, -0.2) is 4.98 Å². The number of H-pyrrole nitrogens is 1. The Morgan fingerprint density at radius 3 is 2.70 bits per heavy atom. The Kier molecular flexibility index (Phi) is 3.29. The highest BCUT2D eigenvalue weighted by Gasteiger charge is 1.79. The second kappa shape index (κ2) is 4.71. The van der Waals surface area contributed by atoms with E-state index in [-0.39, 0.29) is 0 Å². The number of rotatable bonds is 0. The SMILES string of the molecule is C1=NN=N[NH2+]1.c1csc[nH+]1. The quantitative estimate of drug-likeness (QED) is 0.490. The molecular formula is C4H7N5S+2. The highest BCUT2D eigenvalue weighted by Crippen LogP contribution is 1.80. The van der Waals surface area contributed by atoms with Crippen LogP contribution in [0.4, 0.5) is 0 Å². The molecule has 10 heavy (non-hydrogen) atoms. The highest BCUT2D eigenvalue weighted by atomic mass is 32.1. The number of aromatic nitrogens is 1. The van der Waals surface area contributed by atoms with Crippen molar-refractivity contribution in [3.63, 3.8) is 0 Å². The fourth-order valence-corrected chi connectivity index (χ4v) is 0.738. The maximum atomic E-state index is 3.36. The lowest BCUT2D eigenvalue weighted by molar-refractivity contribution is -0.538. The van der Waals surface area contributed by atoms with Gasteiger partial charge < -0.3 is 0 Å². The van der Waals surface area contributed by atoms with Crippen molar-refractivity contribution in [2.24, 2.45) is 15.5 Å². The summed E-state index contributed by atoms with van der Waals surface area (Å²) in [5.74, 6) is 0. The van der Waals surface area contributed by atoms with Gasteiger partial charge in [0.05, 0.1) is 10.6 Å². The van der Waals surface area contributed by atoms with Crippen LogP contribution in [0.2, 0.25) is 0 Å². The van der Waals surface area contributed by atoms with Crippen LogP contribution in [0.5, 0.6) is 0 Å². The molecule has 3 N–H and O–H groups in total. The first kappa shape index (κ1) is 6.97. The van der Waals surface area contributed by atoms with Gasteiger partial charge in [-0.1, -0.05) is 16.4 Å². The van der Waals surface area contributed by atoms with E-state index >= 15 is 0 Å². The van der Waals surface area contributed by atoms with Crippen molar-refractivity contribution in [1.29, 1.82) is 0 Å². The van der Waals surface area contributed by atoms with E-state index in [1.807, 2.05) is 17.1 Å². The van der Waals surface area contributed by atoms with Crippen LogP contribution in [-0.2, 0) is 0 Å². The Balaban J connectivity index is 0.0000001000. The maximum absolute atomic E-state index is 3.36. The monoisotopic (exact) mass is 157 g/mol. The number of hydrogen-bond donors (Lipinski definition) is 1. The van der Waals surface area contributed by atoms with Gasteiger partial charge in [-0.15, -0.1) is 0 Å². The summed E-state index contributed by atoms with van der Waals surface area (Å²) in [5.41, 5.74) is 3.44. The van der Waals surface area contributed by atoms with Gasteiger partial charge >= 0.3 is 0 Å². The molecule has 1 aromatic heterocycles. The van der Waals surface area contributed by atoms with Gasteiger partial charge in [0.2, 0.25) is 11.8 Å². The molecule has 1 aromatic rings. The summed E-state index contributed by atoms with van der Waals surface area (Å²) in [6, 6.07) is 0. The average molecular weight is 157 g/mol. The number of quaternary nitrogens is 1. The molecule has 0 radical (unpaired) electrons. The Morgan fingerprint density at radius 2 is 2.50 bits per heavy atom. The molecule has 0 saturated carbocycles. The maximum Gasteiger partial charge on any atom is 0.236 e. The van der Waals surface area contributed by atoms with E-state index in [9.17, 15) is 0 Å². The highest BCUT2D eigenvalue weighted by molar-refractivity contribution is 7.07. The zero-order chi connectivity index (χ0) is 7.07. The first-order valence-electron chi connectivity index (χ1n) is 2.63. The number of thiazole rings is 1. The van der Waals surface area contributed by atoms with Gasteiger partial charge in [0, 0.05) is 5.22 Å². The summed E-state index contributed by atoms with van der Waals surface area (Å²) in [6.45, 7) is 0. The number of nitrogens with zero attached hydrogens (tertiary/aromatic N) is 3. The summed E-state index contributed by atoms with van der Waals surface area (Å²) < 4.78 is 0. The Hall–Kier alpha value is -1.14. The van der Waals surface area contributed by atoms with E-state index in [2.05, 4.69) is 20.5 Å². The Labute approximate surface area is 61.5 Å². The molecule has 0 atom stereocenters. The summed E-state index contributed by atoms with van der Waals surface area (Å²) in [4.78, 5) is 2.88. The van der Waals surface area contributed by atoms with Crippen LogP contribution in [0, 0.1) is 0 Å². The van der Waals surface area contributed by atoms with Gasteiger partial charge in [0.1, 0.15) is 0 Å². The van der Waals surface area contributed by atoms with Gasteiger partial charge in [0.25, 0.3) is 0 Å². The van der Waals surface area contributed by atoms with Crippen LogP contribution >= 0.6 is 11.3 Å². The molecule has 0 amide bonds. The molecule has 2 rings (SSSR count). The van der Waals surface area contributed by atoms with Crippen LogP contribution in [0.25, 0.3) is 0 Å². The number of aromatic amines is 1. The Bertz CT molecular complexity index is 176. The lowest BCUT2D eigenvalue weighted by Gasteiger charge is -1.52. The molecule has 0 saturated heterocycles. The van der Waals surface area contributed by atoms with Crippen LogP contribution in [-0.4, -0.2) is 6.34 Å². The van der Waals surface area contributed by atoms with Crippen LogP contribution in [0.15, 0.2) is 32.6 Å². The van der Waals surface area contributed by atoms with Crippen molar-refractivity contribution < 1.29 is 10.4 Å². The predicted molar refractivity (Wildman–Crippen MR) is 36.1 cm³/mol. The molecule has 0 fully saturated rings. The number of nitrogens with two attached hydrogens (primary N) is 1. The van der Waals surface area contributed by atoms with Crippen molar-refractivity contribution in [2.45, 2.75) is 0 Å². The summed E-state index contributed by atoms with van der Waals surface area (Å²) in [7, 11) is 0. The van der Waals surface area contributed by atoms with E-state index in [0.717, 1.165) is 0 Å². The van der Waals surface area contributed by atoms with Crippen LogP contribution < -0.4 is 10.4 Å². The van der Waals surface area contributed by atoms with Crippen molar-refractivity contribution in [3.05, 3.63) is 17.1 Å². The second-order valence-electron chi connectivity index (χ2n) is 1.34. The summed E-state index contributed by atoms with van der Waals surface area (Å²) >= 11 is 1.66. The van der Waals surface area contributed by atoms with Gasteiger partial charge in [-0.2, -0.15) is 5.43 Å². The standard InChI is InChI=1S/C3H3NS.CH2N4/c1-2-5-3-4-1;1-2-4-5-3-1/h1-3H;1H,(H,2,3,4,5)/p+2. The number of nitrogens with one attached hydrogen (secondary N) is 1. The third kappa shape index (κ3) is 3.00. The molecule has 0 spiro atoms. The smallest absolute Gasteiger partial charge is 0.208 e. The molecule has 0 aliphatic carbocycles. The zero-order valence-electron chi connectivity index (χ0n) is 5.14. The molecule has 5 nitrogen and oxygen atoms in total. The third-order valence-electron chi connectivity index (χ3n) is 0.682. The molecule has 0 bridgehead atoms. The lowest BCUT2D eigenvalue weighted by Crippen LogP contribution is -2.74. The van der Waals surface area contributed by atoms with E-state index in [1.54, 1.807) is 11.3 Å². The van der Waals surface area contributed by atoms with E-state index in [1.165, 1.54) is 11.8 Å². The van der Waals surface area contributed by atoms with Crippen molar-refractivity contribution in [1.82, 2.24) is 0 Å². The third-order valence-corrected chi connectivity index (χ3v) is 1.25. The van der Waals surface area contributed by atoms with Gasteiger partial charge in [-0.05, 0) is 0 Å². The van der Waals surface area contributed by atoms with E-state index < -0.39 is 0 Å². The normalized spacial score (nSPS) is 12.8. The van der Waals surface area contributed by atoms with E-state index in [0.29, 0.717) is 0 Å². The number of hydrogen-bond acceptors (Lipinski definition) is 4. The van der Waals surface area contributed by atoms with E-state index in [4.69, 9.17) is 0 Å². The fraction of sp³-hybridized carbons (Fsp3) is 0. The Morgan fingerprint density at radius 1 is 1.50 bits per heavy atom. The largest absolute Gasteiger partial charge is 0.236 e. The van der Waals surface area contributed by atoms with Gasteiger partial charge in [0.15, 0.2) is 6.20 Å². The average Bonchev–Trinajstić information content (AvgIpc) is 2.67. The zero-order valence-corrected chi connectivity index (χ0v) is 5.95. The second-order valence-corrected chi connectivity index (χ2v) is 2.12. The first-order valence-corrected chi connectivity index (χ1v) is 3.57. The van der Waals surface area contributed by atoms with Crippen LogP contribution in [0.3, 0.4) is 0 Å². The van der Waals surface area contributed by atoms with Crippen LogP contribution in [0.1, 0.15) is 0 Å². The summed E-state index contributed by atoms with van der Waals surface area (Å²) in [5, 5.41) is 11.9. The van der Waals surface area contributed by atoms with Crippen molar-refractivity contribution in [2.75, 3.05) is 0 Å². The van der Waals surface area contributed by atoms with Crippen molar-refractivity contribution in [3.8, 4) is 0 Å². The van der Waals surface area contributed by atoms with Gasteiger partial charge in [-0.3, -0.25) is 0 Å². The minimum atomic E-state index is 1.53. The molecule has 0 unspecified atom stereocenters. The topological polar surface area (TPSA) is 67.8 Å². The fourth-order valence-electron chi connectivity index (χ4n) is 0.345. The predicted octanol–water partition coefficient (Wildman–Crippen LogP) is -0.564. The molecule has 6 heteroatoms. The molecular weight excluding hydrogens is 150 g/mol. The molecule has 52 valence electrons.